The number of aryl methyl sites for hydroxylation is 1. The third-order valence-corrected chi connectivity index (χ3v) is 6.35. The molecule has 1 atom stereocenters. The summed E-state index contributed by atoms with van der Waals surface area (Å²) in [5, 5.41) is 16.3. The topological polar surface area (TPSA) is 97.8 Å². The summed E-state index contributed by atoms with van der Waals surface area (Å²) < 4.78 is 54.7. The van der Waals surface area contributed by atoms with Gasteiger partial charge in [0.1, 0.15) is 11.6 Å². The highest BCUT2D eigenvalue weighted by molar-refractivity contribution is 5.73. The largest absolute Gasteiger partial charge is 0.496 e. The van der Waals surface area contributed by atoms with Crippen molar-refractivity contribution in [2.45, 2.75) is 44.9 Å². The number of piperidine rings is 1. The van der Waals surface area contributed by atoms with Gasteiger partial charge in [0.05, 0.1) is 13.3 Å². The molecule has 0 saturated carbocycles. The Hall–Kier alpha value is -4.00. The minimum atomic E-state index is -5.08. The molecule has 1 N–H and O–H groups in total. The molecule has 5 rings (SSSR count). The van der Waals surface area contributed by atoms with Crippen molar-refractivity contribution in [2.24, 2.45) is 0 Å². The van der Waals surface area contributed by atoms with Crippen molar-refractivity contribution in [1.82, 2.24) is 29.3 Å². The monoisotopic (exact) mass is 548 g/mol. The summed E-state index contributed by atoms with van der Waals surface area (Å²) in [6.45, 7) is 5.88. The third-order valence-electron chi connectivity index (χ3n) is 6.35. The molecule has 0 aliphatic carbocycles. The Balaban J connectivity index is 0.000000448. The number of pyridine rings is 1. The van der Waals surface area contributed by atoms with Crippen molar-refractivity contribution in [1.29, 1.82) is 0 Å². The lowest BCUT2D eigenvalue weighted by Crippen LogP contribution is -2.34. The average molecular weight is 549 g/mol. The van der Waals surface area contributed by atoms with Crippen LogP contribution >= 0.6 is 0 Å². The van der Waals surface area contributed by atoms with Crippen LogP contribution in [0.15, 0.2) is 48.9 Å². The van der Waals surface area contributed by atoms with Crippen molar-refractivity contribution in [3.8, 4) is 16.9 Å². The number of aliphatic carboxylic acids is 1. The van der Waals surface area contributed by atoms with E-state index in [-0.39, 0.29) is 11.7 Å². The van der Waals surface area contributed by atoms with Crippen LogP contribution in [0.4, 0.5) is 17.6 Å². The number of hydrogen-bond donors (Lipinski definition) is 1. The first-order valence-electron chi connectivity index (χ1n) is 12.3. The van der Waals surface area contributed by atoms with E-state index in [1.165, 1.54) is 17.7 Å². The number of ether oxygens (including phenoxy) is 1. The minimum Gasteiger partial charge on any atom is -0.496 e. The predicted molar refractivity (Wildman–Crippen MR) is 134 cm³/mol. The van der Waals surface area contributed by atoms with Crippen LogP contribution in [0.5, 0.6) is 5.75 Å². The molecule has 4 heterocycles. The number of carboxylic acid groups (broad SMARTS) is 1. The van der Waals surface area contributed by atoms with Gasteiger partial charge in [-0.05, 0) is 56.6 Å². The van der Waals surface area contributed by atoms with Crippen LogP contribution in [0.1, 0.15) is 37.1 Å². The maximum Gasteiger partial charge on any atom is 0.490 e. The van der Waals surface area contributed by atoms with Crippen LogP contribution in [0.25, 0.3) is 16.8 Å². The normalized spacial score (nSPS) is 16.1. The van der Waals surface area contributed by atoms with Crippen LogP contribution in [0.2, 0.25) is 0 Å². The Morgan fingerprint density at radius 2 is 1.97 bits per heavy atom. The molecule has 1 aromatic carbocycles. The van der Waals surface area contributed by atoms with Gasteiger partial charge in [0, 0.05) is 54.6 Å². The molecule has 0 radical (unpaired) electrons. The van der Waals surface area contributed by atoms with E-state index in [1.54, 1.807) is 17.7 Å². The summed E-state index contributed by atoms with van der Waals surface area (Å²) in [4.78, 5) is 16.1. The van der Waals surface area contributed by atoms with Crippen LogP contribution in [-0.4, -0.2) is 66.7 Å². The summed E-state index contributed by atoms with van der Waals surface area (Å²) in [5.74, 6) is -1.28. The smallest absolute Gasteiger partial charge is 0.490 e. The summed E-state index contributed by atoms with van der Waals surface area (Å²) in [5.41, 5.74) is 3.57. The molecule has 0 spiro atoms. The van der Waals surface area contributed by atoms with Gasteiger partial charge in [0.2, 0.25) is 0 Å². The van der Waals surface area contributed by atoms with E-state index in [0.29, 0.717) is 11.3 Å². The summed E-state index contributed by atoms with van der Waals surface area (Å²) in [6, 6.07) is 8.38. The fourth-order valence-corrected chi connectivity index (χ4v) is 4.47. The van der Waals surface area contributed by atoms with E-state index in [2.05, 4.69) is 23.1 Å². The number of likely N-dealkylation sites (tertiary alicyclic amines) is 1. The first-order valence-corrected chi connectivity index (χ1v) is 12.3. The van der Waals surface area contributed by atoms with Crippen molar-refractivity contribution < 1.29 is 32.2 Å². The van der Waals surface area contributed by atoms with Gasteiger partial charge in [-0.1, -0.05) is 0 Å². The van der Waals surface area contributed by atoms with Gasteiger partial charge in [0.15, 0.2) is 11.5 Å². The Kier molecular flexibility index (Phi) is 8.48. The molecule has 39 heavy (non-hydrogen) atoms. The van der Waals surface area contributed by atoms with Gasteiger partial charge < -0.3 is 9.84 Å². The SMILES string of the molecule is CCn1cc(CN2CCCC(c3nc4ccc(-c5cc(F)ccc5OC)cn4n3)C2)cn1.O=C(O)C(F)(F)F. The summed E-state index contributed by atoms with van der Waals surface area (Å²) in [7, 11) is 1.59. The molecule has 208 valence electrons. The van der Waals surface area contributed by atoms with E-state index >= 15 is 0 Å². The molecule has 1 fully saturated rings. The molecule has 1 aliphatic rings. The second kappa shape index (κ2) is 11.8. The number of hydrogen-bond acceptors (Lipinski definition) is 6. The van der Waals surface area contributed by atoms with Crippen molar-refractivity contribution >= 4 is 11.6 Å². The molecule has 1 unspecified atom stereocenters. The molecule has 0 amide bonds. The standard InChI is InChI=1S/C24H27FN6O.C2HF3O2/c1-3-30-14-17(12-26-30)13-29-10-4-5-19(15-29)24-27-23-9-6-18(16-31(23)28-24)21-11-20(25)7-8-22(21)32-2;3-2(4,5)1(6)7/h6-9,11-12,14,16,19H,3-5,10,13,15H2,1-2H3;(H,6,7). The first-order chi connectivity index (χ1) is 18.6. The zero-order valence-corrected chi connectivity index (χ0v) is 21.4. The van der Waals surface area contributed by atoms with Gasteiger partial charge in [0.25, 0.3) is 0 Å². The van der Waals surface area contributed by atoms with Gasteiger partial charge in [-0.25, -0.2) is 18.7 Å². The maximum atomic E-state index is 13.8. The van der Waals surface area contributed by atoms with E-state index in [0.717, 1.165) is 56.1 Å². The molecule has 1 saturated heterocycles. The second-order valence-electron chi connectivity index (χ2n) is 9.12. The Bertz CT molecular complexity index is 1430. The van der Waals surface area contributed by atoms with Gasteiger partial charge in [-0.15, -0.1) is 0 Å². The number of nitrogens with zero attached hydrogens (tertiary/aromatic N) is 6. The molecule has 0 bridgehead atoms. The molecule has 1 aliphatic heterocycles. The Labute approximate surface area is 221 Å². The highest BCUT2D eigenvalue weighted by Crippen LogP contribution is 2.31. The Morgan fingerprint density at radius 1 is 1.21 bits per heavy atom. The van der Waals surface area contributed by atoms with E-state index < -0.39 is 12.1 Å². The van der Waals surface area contributed by atoms with Crippen molar-refractivity contribution in [3.05, 3.63) is 66.1 Å². The number of halogens is 4. The highest BCUT2D eigenvalue weighted by Gasteiger charge is 2.38. The highest BCUT2D eigenvalue weighted by atomic mass is 19.4. The maximum absolute atomic E-state index is 13.8. The molecule has 13 heteroatoms. The van der Waals surface area contributed by atoms with Crippen molar-refractivity contribution in [2.75, 3.05) is 20.2 Å². The van der Waals surface area contributed by atoms with Crippen LogP contribution in [-0.2, 0) is 17.9 Å². The number of benzene rings is 1. The quantitative estimate of drug-likeness (QED) is 0.347. The van der Waals surface area contributed by atoms with Gasteiger partial charge >= 0.3 is 12.1 Å². The third kappa shape index (κ3) is 6.91. The van der Waals surface area contributed by atoms with E-state index in [9.17, 15) is 17.6 Å². The molecular formula is C26H28F4N6O3. The number of rotatable bonds is 6. The molecule has 3 aromatic heterocycles. The summed E-state index contributed by atoms with van der Waals surface area (Å²) >= 11 is 0. The summed E-state index contributed by atoms with van der Waals surface area (Å²) in [6.07, 6.45) is 3.08. The number of fused-ring (bicyclic) bond motifs is 1. The lowest BCUT2D eigenvalue weighted by molar-refractivity contribution is -0.192. The average Bonchev–Trinajstić information content (AvgIpc) is 3.55. The van der Waals surface area contributed by atoms with Crippen molar-refractivity contribution in [3.63, 3.8) is 0 Å². The molecular weight excluding hydrogens is 520 g/mol. The lowest BCUT2D eigenvalue weighted by Gasteiger charge is -2.30. The van der Waals surface area contributed by atoms with Crippen LogP contribution in [0.3, 0.4) is 0 Å². The first kappa shape index (κ1) is 28.0. The fourth-order valence-electron chi connectivity index (χ4n) is 4.47. The van der Waals surface area contributed by atoms with E-state index in [4.69, 9.17) is 24.7 Å². The van der Waals surface area contributed by atoms with Gasteiger partial charge in [-0.3, -0.25) is 9.58 Å². The molecule has 4 aromatic rings. The van der Waals surface area contributed by atoms with Crippen LogP contribution < -0.4 is 4.74 Å². The predicted octanol–water partition coefficient (Wildman–Crippen LogP) is 4.77. The number of carbonyl (C=O) groups is 1. The van der Waals surface area contributed by atoms with E-state index in [1.807, 2.05) is 29.2 Å². The Morgan fingerprint density at radius 3 is 2.64 bits per heavy atom. The number of carboxylic acids is 1. The number of alkyl halides is 3. The van der Waals surface area contributed by atoms with Gasteiger partial charge in [-0.2, -0.15) is 23.4 Å². The zero-order valence-electron chi connectivity index (χ0n) is 21.4. The fraction of sp³-hybridized carbons (Fsp3) is 0.385. The minimum absolute atomic E-state index is 0.289. The second-order valence-corrected chi connectivity index (χ2v) is 9.12. The van der Waals surface area contributed by atoms with Crippen LogP contribution in [0, 0.1) is 5.82 Å². The zero-order chi connectivity index (χ0) is 28.2. The number of methoxy groups -OCH3 is 1. The lowest BCUT2D eigenvalue weighted by atomic mass is 9.97. The number of aromatic nitrogens is 5. The molecule has 9 nitrogen and oxygen atoms in total.